The van der Waals surface area contributed by atoms with Crippen LogP contribution in [0.3, 0.4) is 0 Å². The molecule has 2 aromatic carbocycles. The van der Waals surface area contributed by atoms with Crippen LogP contribution in [0.1, 0.15) is 6.92 Å². The molecule has 0 spiro atoms. The highest BCUT2D eigenvalue weighted by molar-refractivity contribution is 6.30. The maximum Gasteiger partial charge on any atom is 0.161 e. The zero-order chi connectivity index (χ0) is 15.1. The van der Waals surface area contributed by atoms with Gasteiger partial charge in [-0.15, -0.1) is 0 Å². The van der Waals surface area contributed by atoms with Crippen LogP contribution in [-0.4, -0.2) is 19.8 Å². The van der Waals surface area contributed by atoms with E-state index < -0.39 is 5.82 Å². The van der Waals surface area contributed by atoms with E-state index in [1.165, 1.54) is 12.1 Å². The number of nitrogens with one attached hydrogen (secondary N) is 1. The zero-order valence-electron chi connectivity index (χ0n) is 11.7. The Hall–Kier alpha value is -1.94. The number of halogens is 2. The van der Waals surface area contributed by atoms with E-state index >= 15 is 0 Å². The summed E-state index contributed by atoms with van der Waals surface area (Å²) in [6.07, 6.45) is 0. The van der Waals surface area contributed by atoms with E-state index in [1.54, 1.807) is 6.07 Å². The lowest BCUT2D eigenvalue weighted by molar-refractivity contribution is 0.284. The number of rotatable bonds is 7. The molecule has 0 aliphatic heterocycles. The van der Waals surface area contributed by atoms with E-state index in [2.05, 4.69) is 5.32 Å². The number of hydrogen-bond acceptors (Lipinski definition) is 3. The molecule has 0 radical (unpaired) electrons. The van der Waals surface area contributed by atoms with Crippen molar-refractivity contribution in [2.75, 3.05) is 25.1 Å². The Bertz CT molecular complexity index is 592. The lowest BCUT2D eigenvalue weighted by Gasteiger charge is -2.12. The Morgan fingerprint density at radius 2 is 1.81 bits per heavy atom. The second-order valence-corrected chi connectivity index (χ2v) is 4.69. The molecule has 0 heterocycles. The third-order valence-corrected chi connectivity index (χ3v) is 3.06. The van der Waals surface area contributed by atoms with Crippen LogP contribution in [-0.2, 0) is 0 Å². The Kier molecular flexibility index (Phi) is 5.69. The molecule has 0 aromatic heterocycles. The molecule has 0 saturated heterocycles. The quantitative estimate of drug-likeness (QED) is 0.770. The molecule has 1 N–H and O–H groups in total. The second kappa shape index (κ2) is 7.74. The number of anilines is 1. The van der Waals surface area contributed by atoms with Crippen LogP contribution in [0.15, 0.2) is 42.5 Å². The van der Waals surface area contributed by atoms with Crippen LogP contribution in [0.4, 0.5) is 10.1 Å². The van der Waals surface area contributed by atoms with Gasteiger partial charge in [0, 0.05) is 12.2 Å². The Morgan fingerprint density at radius 3 is 2.48 bits per heavy atom. The predicted octanol–water partition coefficient (Wildman–Crippen LogP) is 4.37. The molecule has 112 valence electrons. The largest absolute Gasteiger partial charge is 0.490 e. The first-order valence-corrected chi connectivity index (χ1v) is 7.12. The van der Waals surface area contributed by atoms with Crippen molar-refractivity contribution in [3.63, 3.8) is 0 Å². The fourth-order valence-electron chi connectivity index (χ4n) is 1.81. The highest BCUT2D eigenvalue weighted by Crippen LogP contribution is 2.26. The van der Waals surface area contributed by atoms with Gasteiger partial charge < -0.3 is 14.8 Å². The summed E-state index contributed by atoms with van der Waals surface area (Å²) in [5, 5.41) is 3.18. The Labute approximate surface area is 128 Å². The fraction of sp³-hybridized carbons (Fsp3) is 0.250. The molecule has 0 bridgehead atoms. The minimum Gasteiger partial charge on any atom is -0.490 e. The van der Waals surface area contributed by atoms with Crippen molar-refractivity contribution in [3.05, 3.63) is 53.3 Å². The lowest BCUT2D eigenvalue weighted by atomic mass is 10.3. The number of hydrogen-bond donors (Lipinski definition) is 1. The monoisotopic (exact) mass is 309 g/mol. The molecular formula is C16H17ClFNO2. The molecule has 0 aliphatic rings. The van der Waals surface area contributed by atoms with E-state index in [0.717, 1.165) is 5.75 Å². The van der Waals surface area contributed by atoms with E-state index in [0.29, 0.717) is 31.2 Å². The number of para-hydroxylation sites is 2. The maximum absolute atomic E-state index is 13.3. The molecule has 0 amide bonds. The maximum atomic E-state index is 13.3. The average molecular weight is 310 g/mol. The van der Waals surface area contributed by atoms with Crippen molar-refractivity contribution in [2.45, 2.75) is 6.92 Å². The third-order valence-electron chi connectivity index (χ3n) is 2.76. The van der Waals surface area contributed by atoms with Crippen molar-refractivity contribution in [1.29, 1.82) is 0 Å². The third kappa shape index (κ3) is 4.53. The zero-order valence-corrected chi connectivity index (χ0v) is 12.5. The number of benzene rings is 2. The van der Waals surface area contributed by atoms with Gasteiger partial charge in [-0.1, -0.05) is 23.7 Å². The summed E-state index contributed by atoms with van der Waals surface area (Å²) < 4.78 is 24.4. The van der Waals surface area contributed by atoms with Gasteiger partial charge in [0.1, 0.15) is 12.4 Å². The first kappa shape index (κ1) is 15.4. The highest BCUT2D eigenvalue weighted by Gasteiger charge is 2.03. The molecule has 3 nitrogen and oxygen atoms in total. The first-order chi connectivity index (χ1) is 10.2. The van der Waals surface area contributed by atoms with Gasteiger partial charge in [0.15, 0.2) is 11.5 Å². The molecule has 21 heavy (non-hydrogen) atoms. The highest BCUT2D eigenvalue weighted by atomic mass is 35.5. The summed E-state index contributed by atoms with van der Waals surface area (Å²) in [5.41, 5.74) is 0.665. The van der Waals surface area contributed by atoms with E-state index in [1.807, 2.05) is 31.2 Å². The van der Waals surface area contributed by atoms with Gasteiger partial charge in [0.2, 0.25) is 0 Å². The number of ether oxygens (including phenoxy) is 2. The topological polar surface area (TPSA) is 30.5 Å². The predicted molar refractivity (Wildman–Crippen MR) is 83.0 cm³/mol. The van der Waals surface area contributed by atoms with Gasteiger partial charge in [-0.3, -0.25) is 0 Å². The summed E-state index contributed by atoms with van der Waals surface area (Å²) in [4.78, 5) is 0. The SMILES string of the molecule is CCOc1ccccc1OCCNc1ccc(Cl)c(F)c1. The summed E-state index contributed by atoms with van der Waals surface area (Å²) in [6, 6.07) is 12.1. The molecule has 5 heteroatoms. The van der Waals surface area contributed by atoms with Crippen LogP contribution < -0.4 is 14.8 Å². The van der Waals surface area contributed by atoms with Crippen molar-refractivity contribution >= 4 is 17.3 Å². The van der Waals surface area contributed by atoms with Crippen LogP contribution in [0.25, 0.3) is 0 Å². The van der Waals surface area contributed by atoms with Crippen LogP contribution in [0, 0.1) is 5.82 Å². The van der Waals surface area contributed by atoms with Gasteiger partial charge in [-0.25, -0.2) is 4.39 Å². The average Bonchev–Trinajstić information content (AvgIpc) is 2.49. The van der Waals surface area contributed by atoms with Crippen molar-refractivity contribution in [2.24, 2.45) is 0 Å². The molecule has 0 saturated carbocycles. The molecule has 0 atom stereocenters. The normalized spacial score (nSPS) is 10.2. The standard InChI is InChI=1S/C16H17ClFNO2/c1-2-20-15-5-3-4-6-16(15)21-10-9-19-12-7-8-13(17)14(18)11-12/h3-8,11,19H,2,9-10H2,1H3. The van der Waals surface area contributed by atoms with Gasteiger partial charge in [0.25, 0.3) is 0 Å². The van der Waals surface area contributed by atoms with Gasteiger partial charge in [-0.05, 0) is 37.3 Å². The van der Waals surface area contributed by atoms with Crippen LogP contribution >= 0.6 is 11.6 Å². The summed E-state index contributed by atoms with van der Waals surface area (Å²) >= 11 is 5.63. The van der Waals surface area contributed by atoms with E-state index in [-0.39, 0.29) is 5.02 Å². The van der Waals surface area contributed by atoms with Gasteiger partial charge in [0.05, 0.1) is 11.6 Å². The lowest BCUT2D eigenvalue weighted by Crippen LogP contribution is -2.12. The fourth-order valence-corrected chi connectivity index (χ4v) is 1.92. The van der Waals surface area contributed by atoms with E-state index in [9.17, 15) is 4.39 Å². The smallest absolute Gasteiger partial charge is 0.161 e. The Morgan fingerprint density at radius 1 is 1.10 bits per heavy atom. The summed E-state index contributed by atoms with van der Waals surface area (Å²) in [5.74, 6) is 0.977. The molecule has 2 rings (SSSR count). The summed E-state index contributed by atoms with van der Waals surface area (Å²) in [7, 11) is 0. The van der Waals surface area contributed by atoms with Crippen molar-refractivity contribution in [3.8, 4) is 11.5 Å². The molecule has 2 aromatic rings. The Balaban J connectivity index is 1.83. The molecule has 0 aliphatic carbocycles. The van der Waals surface area contributed by atoms with Gasteiger partial charge >= 0.3 is 0 Å². The van der Waals surface area contributed by atoms with Crippen molar-refractivity contribution < 1.29 is 13.9 Å². The molecular weight excluding hydrogens is 293 g/mol. The molecule has 0 unspecified atom stereocenters. The minimum atomic E-state index is -0.440. The van der Waals surface area contributed by atoms with Gasteiger partial charge in [-0.2, -0.15) is 0 Å². The van der Waals surface area contributed by atoms with Crippen molar-refractivity contribution in [1.82, 2.24) is 0 Å². The first-order valence-electron chi connectivity index (χ1n) is 6.74. The van der Waals surface area contributed by atoms with Crippen LogP contribution in [0.5, 0.6) is 11.5 Å². The summed E-state index contributed by atoms with van der Waals surface area (Å²) in [6.45, 7) is 3.49. The second-order valence-electron chi connectivity index (χ2n) is 4.28. The van der Waals surface area contributed by atoms with Crippen LogP contribution in [0.2, 0.25) is 5.02 Å². The minimum absolute atomic E-state index is 0.113. The molecule has 0 fully saturated rings. The van der Waals surface area contributed by atoms with E-state index in [4.69, 9.17) is 21.1 Å².